The molecule has 3 aromatic rings. The number of rotatable bonds is 2. The van der Waals surface area contributed by atoms with Crippen molar-refractivity contribution in [3.8, 4) is 0 Å². The highest BCUT2D eigenvalue weighted by molar-refractivity contribution is 8.14. The Labute approximate surface area is 143 Å². The summed E-state index contributed by atoms with van der Waals surface area (Å²) in [6, 6.07) is 6.05. The van der Waals surface area contributed by atoms with Gasteiger partial charge in [0.05, 0.1) is 26.9 Å². The quantitative estimate of drug-likeness (QED) is 0.774. The third-order valence-electron chi connectivity index (χ3n) is 4.08. The van der Waals surface area contributed by atoms with Crippen LogP contribution in [-0.2, 0) is 0 Å². The molecule has 1 aromatic carbocycles. The molecule has 0 aliphatic carbocycles. The Kier molecular flexibility index (Phi) is 3.53. The highest BCUT2D eigenvalue weighted by atomic mass is 32.2. The Hall–Kier alpha value is -2.41. The second-order valence-corrected chi connectivity index (χ2v) is 7.34. The van der Waals surface area contributed by atoms with Crippen LogP contribution in [0, 0.1) is 0 Å². The van der Waals surface area contributed by atoms with Crippen molar-refractivity contribution in [1.82, 2.24) is 19.7 Å². The zero-order chi connectivity index (χ0) is 16.8. The maximum atomic E-state index is 12.6. The van der Waals surface area contributed by atoms with Gasteiger partial charge in [-0.25, -0.2) is 4.99 Å². The van der Waals surface area contributed by atoms with E-state index in [1.54, 1.807) is 24.2 Å². The average molecular weight is 339 g/mol. The van der Waals surface area contributed by atoms with E-state index in [9.17, 15) is 4.79 Å². The van der Waals surface area contributed by atoms with E-state index in [0.717, 1.165) is 27.5 Å². The minimum absolute atomic E-state index is 0.0895. The minimum atomic E-state index is -0.137. The first-order valence-corrected chi connectivity index (χ1v) is 8.70. The topological polar surface area (TPSA) is 75.9 Å². The lowest BCUT2D eigenvalue weighted by molar-refractivity contribution is 0.533. The van der Waals surface area contributed by atoms with Gasteiger partial charge >= 0.3 is 0 Å². The Morgan fingerprint density at radius 3 is 2.83 bits per heavy atom. The smallest absolute Gasteiger partial charge is 0.268 e. The summed E-state index contributed by atoms with van der Waals surface area (Å²) in [5.41, 5.74) is 3.26. The van der Waals surface area contributed by atoms with Crippen LogP contribution < -0.4 is 5.56 Å². The molecule has 3 heterocycles. The van der Waals surface area contributed by atoms with E-state index in [1.165, 1.54) is 0 Å². The van der Waals surface area contributed by atoms with E-state index >= 15 is 0 Å². The van der Waals surface area contributed by atoms with Crippen molar-refractivity contribution in [3.05, 3.63) is 52.1 Å². The number of para-hydroxylation sites is 1. The summed E-state index contributed by atoms with van der Waals surface area (Å²) in [5.74, 6) is 0.720. The van der Waals surface area contributed by atoms with Crippen LogP contribution >= 0.6 is 11.8 Å². The van der Waals surface area contributed by atoms with E-state index in [2.05, 4.69) is 20.1 Å². The first-order valence-electron chi connectivity index (χ1n) is 7.82. The van der Waals surface area contributed by atoms with Crippen LogP contribution in [0.1, 0.15) is 43.2 Å². The summed E-state index contributed by atoms with van der Waals surface area (Å²) >= 11 is 1.59. The lowest BCUT2D eigenvalue weighted by Crippen LogP contribution is -2.14. The van der Waals surface area contributed by atoms with E-state index < -0.39 is 0 Å². The predicted octanol–water partition coefficient (Wildman–Crippen LogP) is 3.59. The highest BCUT2D eigenvalue weighted by Gasteiger charge is 2.31. The lowest BCUT2D eigenvalue weighted by Gasteiger charge is -2.22. The molecule has 6 nitrogen and oxygen atoms in total. The Morgan fingerprint density at radius 1 is 1.25 bits per heavy atom. The Bertz CT molecular complexity index is 1010. The first kappa shape index (κ1) is 15.1. The van der Waals surface area contributed by atoms with Crippen molar-refractivity contribution < 1.29 is 0 Å². The summed E-state index contributed by atoms with van der Waals surface area (Å²) in [7, 11) is 0. The largest absolute Gasteiger partial charge is 0.271 e. The number of nitrogens with zero attached hydrogens (tertiary/aromatic N) is 4. The molecule has 2 aromatic heterocycles. The second-order valence-electron chi connectivity index (χ2n) is 6.04. The maximum absolute atomic E-state index is 12.6. The molecule has 24 heavy (non-hydrogen) atoms. The molecule has 0 unspecified atom stereocenters. The number of hydrogen-bond donors (Lipinski definition) is 1. The number of aromatic amines is 1. The molecule has 0 spiro atoms. The molecule has 0 bridgehead atoms. The molecular formula is C17H17N5OS. The number of aliphatic imine (C=N–C) groups is 1. The number of H-pyrrole nitrogens is 1. The van der Waals surface area contributed by atoms with Gasteiger partial charge in [-0.2, -0.15) is 0 Å². The van der Waals surface area contributed by atoms with E-state index in [-0.39, 0.29) is 16.9 Å². The summed E-state index contributed by atoms with van der Waals surface area (Å²) in [6.07, 6.45) is 3.37. The van der Waals surface area contributed by atoms with Gasteiger partial charge in [-0.15, -0.1) is 0 Å². The predicted molar refractivity (Wildman–Crippen MR) is 97.2 cm³/mol. The molecule has 0 saturated heterocycles. The van der Waals surface area contributed by atoms with Gasteiger partial charge in [0.15, 0.2) is 5.82 Å². The zero-order valence-corrected chi connectivity index (χ0v) is 14.5. The third-order valence-corrected chi connectivity index (χ3v) is 5.24. The second kappa shape index (κ2) is 5.59. The Morgan fingerprint density at radius 2 is 2.04 bits per heavy atom. The zero-order valence-electron chi connectivity index (χ0n) is 13.6. The van der Waals surface area contributed by atoms with Crippen molar-refractivity contribution in [2.24, 2.45) is 4.99 Å². The van der Waals surface area contributed by atoms with Gasteiger partial charge in [-0.1, -0.05) is 23.9 Å². The molecule has 1 N–H and O–H groups in total. The van der Waals surface area contributed by atoms with Crippen LogP contribution in [0.3, 0.4) is 0 Å². The summed E-state index contributed by atoms with van der Waals surface area (Å²) in [6.45, 7) is 6.03. The molecular weight excluding hydrogens is 322 g/mol. The summed E-state index contributed by atoms with van der Waals surface area (Å²) in [5, 5.41) is 3.72. The SMILES string of the molecule is CC1=Nc2c(c(=O)[nH]n2C(C)C)[C@H](c2cccc3nccnc23)S1. The van der Waals surface area contributed by atoms with Gasteiger partial charge in [-0.3, -0.25) is 24.5 Å². The molecule has 0 radical (unpaired) electrons. The number of aromatic nitrogens is 4. The molecule has 122 valence electrons. The number of nitrogens with one attached hydrogen (secondary N) is 1. The molecule has 7 heteroatoms. The van der Waals surface area contributed by atoms with Crippen LogP contribution in [0.25, 0.3) is 11.0 Å². The van der Waals surface area contributed by atoms with Gasteiger partial charge in [0, 0.05) is 18.4 Å². The molecule has 1 aliphatic rings. The van der Waals surface area contributed by atoms with Gasteiger partial charge in [0.25, 0.3) is 5.56 Å². The fourth-order valence-electron chi connectivity index (χ4n) is 3.03. The van der Waals surface area contributed by atoms with E-state index in [1.807, 2.05) is 43.7 Å². The fraction of sp³-hybridized carbons (Fsp3) is 0.294. The average Bonchev–Trinajstić information content (AvgIpc) is 2.90. The number of hydrogen-bond acceptors (Lipinski definition) is 5. The normalized spacial score (nSPS) is 17.2. The van der Waals surface area contributed by atoms with E-state index in [4.69, 9.17) is 0 Å². The van der Waals surface area contributed by atoms with E-state index in [0.29, 0.717) is 5.56 Å². The van der Waals surface area contributed by atoms with Crippen LogP contribution in [0.2, 0.25) is 0 Å². The molecule has 0 fully saturated rings. The lowest BCUT2D eigenvalue weighted by atomic mass is 10.0. The highest BCUT2D eigenvalue weighted by Crippen LogP contribution is 2.45. The van der Waals surface area contributed by atoms with Gasteiger partial charge < -0.3 is 0 Å². The van der Waals surface area contributed by atoms with Crippen LogP contribution in [0.4, 0.5) is 5.82 Å². The van der Waals surface area contributed by atoms with Crippen molar-refractivity contribution in [3.63, 3.8) is 0 Å². The molecule has 4 rings (SSSR count). The Balaban J connectivity index is 1.99. The summed E-state index contributed by atoms with van der Waals surface area (Å²) in [4.78, 5) is 26.1. The van der Waals surface area contributed by atoms with Crippen LogP contribution in [0.15, 0.2) is 40.4 Å². The van der Waals surface area contributed by atoms with Crippen molar-refractivity contribution in [2.45, 2.75) is 32.1 Å². The maximum Gasteiger partial charge on any atom is 0.271 e. The fourth-order valence-corrected chi connectivity index (χ4v) is 4.16. The molecule has 0 amide bonds. The number of thioether (sulfide) groups is 1. The minimum Gasteiger partial charge on any atom is -0.268 e. The number of benzene rings is 1. The van der Waals surface area contributed by atoms with Crippen molar-refractivity contribution >= 4 is 33.7 Å². The first-order chi connectivity index (χ1) is 11.6. The van der Waals surface area contributed by atoms with Crippen LogP contribution in [0.5, 0.6) is 0 Å². The molecule has 1 aliphatic heterocycles. The number of fused-ring (bicyclic) bond motifs is 2. The monoisotopic (exact) mass is 339 g/mol. The van der Waals surface area contributed by atoms with Crippen molar-refractivity contribution in [1.29, 1.82) is 0 Å². The van der Waals surface area contributed by atoms with Gasteiger partial charge in [0.1, 0.15) is 0 Å². The van der Waals surface area contributed by atoms with Crippen LogP contribution in [-0.4, -0.2) is 24.8 Å². The summed E-state index contributed by atoms with van der Waals surface area (Å²) < 4.78 is 1.84. The molecule has 0 saturated carbocycles. The van der Waals surface area contributed by atoms with Gasteiger partial charge in [0.2, 0.25) is 0 Å². The standard InChI is InChI=1S/C17H17N5OS/c1-9(2)22-16-13(17(23)21-22)15(24-10(3)20-16)11-5-4-6-12-14(11)19-8-7-18-12/h4-9,15H,1-3H3,(H,21,23)/t15-/m0/s1. The van der Waals surface area contributed by atoms with Gasteiger partial charge in [-0.05, 0) is 32.4 Å². The molecule has 1 atom stereocenters. The third kappa shape index (κ3) is 2.27. The van der Waals surface area contributed by atoms with Crippen molar-refractivity contribution in [2.75, 3.05) is 0 Å².